The molecule has 2 aliphatic heterocycles. The van der Waals surface area contributed by atoms with Gasteiger partial charge in [0.2, 0.25) is 5.91 Å². The van der Waals surface area contributed by atoms with E-state index >= 15 is 0 Å². The number of para-hydroxylation sites is 1. The number of carbonyl (C=O) groups is 1. The lowest BCUT2D eigenvalue weighted by Crippen LogP contribution is -2.63. The minimum Gasteiger partial charge on any atom is -0.358 e. The first-order valence-corrected chi connectivity index (χ1v) is 14.2. The van der Waals surface area contributed by atoms with Gasteiger partial charge in [-0.2, -0.15) is 5.26 Å². The molecule has 8 nitrogen and oxygen atoms in total. The van der Waals surface area contributed by atoms with Gasteiger partial charge in [-0.25, -0.2) is 9.97 Å². The molecule has 3 aromatic rings. The molecule has 0 spiro atoms. The van der Waals surface area contributed by atoms with Crippen LogP contribution in [0.4, 0.5) is 5.82 Å². The molecule has 1 amide bonds. The van der Waals surface area contributed by atoms with Crippen LogP contribution in [0.25, 0.3) is 10.9 Å². The minimum atomic E-state index is -0.400. The Labute approximate surface area is 230 Å². The number of carbonyl (C=O) groups excluding carboxylic acids is 1. The Morgan fingerprint density at radius 2 is 1.69 bits per heavy atom. The summed E-state index contributed by atoms with van der Waals surface area (Å²) in [5.41, 5.74) is 1.63. The van der Waals surface area contributed by atoms with Gasteiger partial charge in [0.1, 0.15) is 17.7 Å². The smallest absolute Gasteiger partial charge is 0.244 e. The largest absolute Gasteiger partial charge is 0.358 e. The van der Waals surface area contributed by atoms with Crippen molar-refractivity contribution >= 4 is 22.6 Å². The van der Waals surface area contributed by atoms with Crippen molar-refractivity contribution < 1.29 is 4.79 Å². The Morgan fingerprint density at radius 1 is 0.974 bits per heavy atom. The second kappa shape index (κ2) is 10.6. The lowest BCUT2D eigenvalue weighted by atomic mass is 9.69. The molecule has 2 aromatic carbocycles. The zero-order valence-electron chi connectivity index (χ0n) is 22.8. The first-order chi connectivity index (χ1) is 19.0. The van der Waals surface area contributed by atoms with Crippen LogP contribution >= 0.6 is 0 Å². The van der Waals surface area contributed by atoms with Gasteiger partial charge < -0.3 is 10.6 Å². The average molecular weight is 524 g/mol. The quantitative estimate of drug-likeness (QED) is 0.535. The van der Waals surface area contributed by atoms with Gasteiger partial charge in [-0.05, 0) is 49.3 Å². The number of hydrogen-bond donors (Lipinski definition) is 2. The van der Waals surface area contributed by atoms with E-state index in [1.807, 2.05) is 42.5 Å². The summed E-state index contributed by atoms with van der Waals surface area (Å²) in [6.45, 7) is 7.22. The second-order valence-electron chi connectivity index (χ2n) is 11.7. The van der Waals surface area contributed by atoms with Gasteiger partial charge in [-0.15, -0.1) is 0 Å². The summed E-state index contributed by atoms with van der Waals surface area (Å²) in [6.07, 6.45) is 3.57. The van der Waals surface area contributed by atoms with Crippen LogP contribution in [0.1, 0.15) is 50.9 Å². The lowest BCUT2D eigenvalue weighted by molar-refractivity contribution is -0.126. The highest BCUT2D eigenvalue weighted by atomic mass is 16.2. The van der Waals surface area contributed by atoms with Gasteiger partial charge in [0.25, 0.3) is 0 Å². The Bertz CT molecular complexity index is 1380. The summed E-state index contributed by atoms with van der Waals surface area (Å²) < 4.78 is 0. The highest BCUT2D eigenvalue weighted by Gasteiger charge is 2.41. The average Bonchev–Trinajstić information content (AvgIpc) is 2.96. The van der Waals surface area contributed by atoms with Crippen molar-refractivity contribution in [2.24, 2.45) is 5.92 Å². The topological polar surface area (TPSA) is 97.2 Å². The molecule has 0 radical (unpaired) electrons. The first-order valence-electron chi connectivity index (χ1n) is 14.2. The van der Waals surface area contributed by atoms with E-state index in [-0.39, 0.29) is 18.0 Å². The monoisotopic (exact) mass is 523 g/mol. The van der Waals surface area contributed by atoms with Crippen molar-refractivity contribution in [3.63, 3.8) is 0 Å². The van der Waals surface area contributed by atoms with E-state index in [9.17, 15) is 10.1 Å². The Balaban J connectivity index is 1.23. The normalized spacial score (nSPS) is 28.3. The van der Waals surface area contributed by atoms with Crippen LogP contribution in [-0.2, 0) is 16.8 Å². The van der Waals surface area contributed by atoms with Crippen molar-refractivity contribution in [3.8, 4) is 6.07 Å². The van der Waals surface area contributed by atoms with E-state index in [1.54, 1.807) is 0 Å². The van der Waals surface area contributed by atoms with Crippen LogP contribution < -0.4 is 10.6 Å². The SMILES string of the molecule is CC(C)[C@@H]1Nc2nc(nc3ccccc23)CN2CCN(C3CCC(C#N)(c4ccccc4)CC3)CC2NC1=O. The Morgan fingerprint density at radius 3 is 2.44 bits per heavy atom. The summed E-state index contributed by atoms with van der Waals surface area (Å²) in [5.74, 6) is 1.59. The molecule has 1 saturated heterocycles. The maximum absolute atomic E-state index is 13.6. The molecule has 2 atom stereocenters. The van der Waals surface area contributed by atoms with Crippen LogP contribution in [0.15, 0.2) is 54.6 Å². The molecular formula is C31H37N7O. The van der Waals surface area contributed by atoms with Crippen LogP contribution in [0.2, 0.25) is 0 Å². The van der Waals surface area contributed by atoms with Crippen LogP contribution in [0.5, 0.6) is 0 Å². The van der Waals surface area contributed by atoms with Crippen molar-refractivity contribution in [1.82, 2.24) is 25.1 Å². The van der Waals surface area contributed by atoms with Crippen LogP contribution in [-0.4, -0.2) is 63.6 Å². The van der Waals surface area contributed by atoms with Crippen LogP contribution in [0.3, 0.4) is 0 Å². The maximum Gasteiger partial charge on any atom is 0.244 e. The number of rotatable bonds is 3. The van der Waals surface area contributed by atoms with Crippen molar-refractivity contribution in [3.05, 3.63) is 66.0 Å². The molecule has 202 valence electrons. The number of fused-ring (bicyclic) bond motifs is 5. The molecule has 1 saturated carbocycles. The molecule has 3 heterocycles. The molecule has 1 aromatic heterocycles. The number of hydrogen-bond acceptors (Lipinski definition) is 7. The first kappa shape index (κ1) is 25.7. The zero-order chi connectivity index (χ0) is 27.0. The van der Waals surface area contributed by atoms with E-state index in [4.69, 9.17) is 9.97 Å². The maximum atomic E-state index is 13.6. The molecule has 8 heteroatoms. The van der Waals surface area contributed by atoms with Gasteiger partial charge in [0, 0.05) is 31.1 Å². The third-order valence-corrected chi connectivity index (χ3v) is 8.93. The van der Waals surface area contributed by atoms with E-state index < -0.39 is 11.5 Å². The van der Waals surface area contributed by atoms with Gasteiger partial charge in [-0.1, -0.05) is 56.3 Å². The fraction of sp³-hybridized carbons (Fsp3) is 0.484. The Kier molecular flexibility index (Phi) is 6.96. The van der Waals surface area contributed by atoms with Gasteiger partial charge >= 0.3 is 0 Å². The second-order valence-corrected chi connectivity index (χ2v) is 11.7. The fourth-order valence-electron chi connectivity index (χ4n) is 6.61. The highest BCUT2D eigenvalue weighted by molar-refractivity contribution is 5.92. The van der Waals surface area contributed by atoms with Gasteiger partial charge in [0.15, 0.2) is 0 Å². The number of nitriles is 1. The molecule has 2 fully saturated rings. The third-order valence-electron chi connectivity index (χ3n) is 8.93. The van der Waals surface area contributed by atoms with E-state index in [2.05, 4.69) is 52.5 Å². The number of nitrogens with one attached hydrogen (secondary N) is 2. The Hall–Kier alpha value is -3.54. The number of nitrogens with zero attached hydrogens (tertiary/aromatic N) is 5. The summed E-state index contributed by atoms with van der Waals surface area (Å²) in [7, 11) is 0. The summed E-state index contributed by atoms with van der Waals surface area (Å²) in [4.78, 5) is 28.2. The van der Waals surface area contributed by atoms with E-state index in [0.29, 0.717) is 12.6 Å². The number of anilines is 1. The van der Waals surface area contributed by atoms with E-state index in [1.165, 1.54) is 0 Å². The molecule has 1 aliphatic carbocycles. The number of benzene rings is 2. The number of piperazine rings is 1. The van der Waals surface area contributed by atoms with Crippen molar-refractivity contribution in [2.45, 2.75) is 69.7 Å². The van der Waals surface area contributed by atoms with Crippen LogP contribution in [0, 0.1) is 17.2 Å². The van der Waals surface area contributed by atoms with Gasteiger partial charge in [0.05, 0.1) is 29.7 Å². The number of amides is 1. The molecule has 1 unspecified atom stereocenters. The number of aromatic nitrogens is 2. The molecule has 2 bridgehead atoms. The molecule has 6 rings (SSSR count). The molecule has 3 aliphatic rings. The third kappa shape index (κ3) is 4.97. The molecule has 39 heavy (non-hydrogen) atoms. The summed E-state index contributed by atoms with van der Waals surface area (Å²) in [5, 5.41) is 17.9. The predicted octanol–water partition coefficient (Wildman–Crippen LogP) is 4.04. The zero-order valence-corrected chi connectivity index (χ0v) is 22.8. The minimum absolute atomic E-state index is 0.00390. The van der Waals surface area contributed by atoms with E-state index in [0.717, 1.165) is 73.4 Å². The fourth-order valence-corrected chi connectivity index (χ4v) is 6.61. The highest BCUT2D eigenvalue weighted by Crippen LogP contribution is 2.40. The summed E-state index contributed by atoms with van der Waals surface area (Å²) >= 11 is 0. The predicted molar refractivity (Wildman–Crippen MR) is 152 cm³/mol. The van der Waals surface area contributed by atoms with Crippen molar-refractivity contribution in [1.29, 1.82) is 5.26 Å². The summed E-state index contributed by atoms with van der Waals surface area (Å²) in [6, 6.07) is 20.9. The lowest BCUT2D eigenvalue weighted by Gasteiger charge is -2.47. The van der Waals surface area contributed by atoms with Crippen molar-refractivity contribution in [2.75, 3.05) is 25.0 Å². The molecular weight excluding hydrogens is 486 g/mol. The molecule has 2 N–H and O–H groups in total. The standard InChI is InChI=1S/C31H37N7O/c1-21(2)28-30(39)35-27-19-37(23-12-14-31(20-32,15-13-23)22-8-4-3-5-9-22)16-17-38(27)18-26-33-25-11-7-6-10-24(25)29(34-26)36-28/h3-11,21,23,27-28H,12-19H2,1-2H3,(H,35,39)(H,33,34,36)/t23?,27?,28-,31?/m0/s1. The van der Waals surface area contributed by atoms with Gasteiger partial charge in [-0.3, -0.25) is 14.6 Å².